The third-order valence-corrected chi connectivity index (χ3v) is 1.39. The van der Waals surface area contributed by atoms with Gasteiger partial charge in [0, 0.05) is 0 Å². The van der Waals surface area contributed by atoms with E-state index in [0.29, 0.717) is 0 Å². The molecule has 0 aromatic rings. The van der Waals surface area contributed by atoms with Gasteiger partial charge in [-0.05, 0) is 6.20 Å². The molecule has 0 fully saturated rings. The van der Waals surface area contributed by atoms with Gasteiger partial charge >= 0.3 is 11.9 Å². The fourth-order valence-corrected chi connectivity index (χ4v) is 0.811. The highest BCUT2D eigenvalue weighted by Crippen LogP contribution is 2.01. The zero-order chi connectivity index (χ0) is 10.4. The van der Waals surface area contributed by atoms with E-state index in [1.807, 2.05) is 0 Å². The molecule has 2 N–H and O–H groups in total. The van der Waals surface area contributed by atoms with E-state index < -0.39 is 24.5 Å². The first-order chi connectivity index (χ1) is 6.02. The Morgan fingerprint density at radius 2 is 1.92 bits per heavy atom. The molecule has 72 valence electrons. The quantitative estimate of drug-likeness (QED) is 0.576. The summed E-state index contributed by atoms with van der Waals surface area (Å²) in [5.74, 6) is -2.27. The van der Waals surface area contributed by atoms with Crippen molar-refractivity contribution in [3.63, 3.8) is 0 Å². The molecule has 5 heteroatoms. The first kappa shape index (κ1) is 11.2. The van der Waals surface area contributed by atoms with Crippen LogP contribution in [0, 0.1) is 0 Å². The predicted molar refractivity (Wildman–Crippen MR) is 46.2 cm³/mol. The number of hydrogen-bond acceptors (Lipinski definition) is 3. The zero-order valence-electron chi connectivity index (χ0n) is 7.01. The molecule has 0 spiro atoms. The first-order valence-corrected chi connectivity index (χ1v) is 3.48. The summed E-state index contributed by atoms with van der Waals surface area (Å²) in [4.78, 5) is 21.9. The van der Waals surface area contributed by atoms with Crippen LogP contribution < -0.4 is 0 Å². The number of hydrogen-bond donors (Lipinski definition) is 2. The van der Waals surface area contributed by atoms with E-state index in [4.69, 9.17) is 10.2 Å². The van der Waals surface area contributed by atoms with Crippen LogP contribution in [0.4, 0.5) is 0 Å². The second kappa shape index (κ2) is 4.97. The monoisotopic (exact) mass is 185 g/mol. The molecule has 0 saturated heterocycles. The summed E-state index contributed by atoms with van der Waals surface area (Å²) in [5, 5.41) is 17.1. The maximum absolute atomic E-state index is 10.6. The normalized spacial score (nSPS) is 11.4. The van der Waals surface area contributed by atoms with Gasteiger partial charge in [0.1, 0.15) is 12.6 Å². The van der Waals surface area contributed by atoms with E-state index in [2.05, 4.69) is 13.2 Å². The van der Waals surface area contributed by atoms with Gasteiger partial charge < -0.3 is 15.1 Å². The summed E-state index contributed by atoms with van der Waals surface area (Å²) in [6.07, 6.45) is 2.31. The van der Waals surface area contributed by atoms with Crippen LogP contribution in [-0.2, 0) is 9.59 Å². The van der Waals surface area contributed by atoms with Gasteiger partial charge in [-0.1, -0.05) is 12.7 Å². The summed E-state index contributed by atoms with van der Waals surface area (Å²) >= 11 is 0. The van der Waals surface area contributed by atoms with Gasteiger partial charge in [-0.3, -0.25) is 4.79 Å². The van der Waals surface area contributed by atoms with Crippen molar-refractivity contribution >= 4 is 11.9 Å². The summed E-state index contributed by atoms with van der Waals surface area (Å²) < 4.78 is 0. The molecule has 1 unspecified atom stereocenters. The number of nitrogens with zero attached hydrogens (tertiary/aromatic N) is 1. The maximum Gasteiger partial charge on any atom is 0.330 e. The van der Waals surface area contributed by atoms with Gasteiger partial charge in [-0.25, -0.2) is 4.79 Å². The second-order valence-electron chi connectivity index (χ2n) is 2.27. The van der Waals surface area contributed by atoms with Crippen LogP contribution in [0.3, 0.4) is 0 Å². The Kier molecular flexibility index (Phi) is 4.29. The molecule has 13 heavy (non-hydrogen) atoms. The lowest BCUT2D eigenvalue weighted by Crippen LogP contribution is -2.38. The van der Waals surface area contributed by atoms with E-state index in [9.17, 15) is 9.59 Å². The number of carboxylic acid groups (broad SMARTS) is 2. The molecule has 0 aliphatic heterocycles. The van der Waals surface area contributed by atoms with Crippen molar-refractivity contribution in [1.82, 2.24) is 4.90 Å². The molecule has 0 saturated carbocycles. The fraction of sp³-hybridized carbons (Fsp3) is 0.250. The topological polar surface area (TPSA) is 77.8 Å². The van der Waals surface area contributed by atoms with Gasteiger partial charge in [-0.15, -0.1) is 6.58 Å². The van der Waals surface area contributed by atoms with E-state index in [0.717, 1.165) is 17.2 Å². The molecule has 0 radical (unpaired) electrons. The average Bonchev–Trinajstić information content (AvgIpc) is 2.02. The summed E-state index contributed by atoms with van der Waals surface area (Å²) in [5.41, 5.74) is 0. The van der Waals surface area contributed by atoms with Crippen molar-refractivity contribution in [2.45, 2.75) is 6.04 Å². The van der Waals surface area contributed by atoms with Crippen LogP contribution in [-0.4, -0.2) is 39.6 Å². The van der Waals surface area contributed by atoms with Crippen molar-refractivity contribution in [3.8, 4) is 0 Å². The van der Waals surface area contributed by atoms with Crippen LogP contribution >= 0.6 is 0 Å². The highest BCUT2D eigenvalue weighted by molar-refractivity contribution is 5.77. The van der Waals surface area contributed by atoms with Gasteiger partial charge in [0.2, 0.25) is 0 Å². The smallest absolute Gasteiger partial charge is 0.330 e. The van der Waals surface area contributed by atoms with Crippen LogP contribution in [0.5, 0.6) is 0 Å². The molecule has 5 nitrogen and oxygen atoms in total. The third-order valence-electron chi connectivity index (χ3n) is 1.39. The summed E-state index contributed by atoms with van der Waals surface area (Å²) in [6, 6.07) is -1.05. The summed E-state index contributed by atoms with van der Waals surface area (Å²) in [7, 11) is 0. The molecule has 0 bridgehead atoms. The Balaban J connectivity index is 4.51. The lowest BCUT2D eigenvalue weighted by Gasteiger charge is -2.22. The second-order valence-corrected chi connectivity index (χ2v) is 2.27. The average molecular weight is 185 g/mol. The van der Waals surface area contributed by atoms with Crippen molar-refractivity contribution in [2.75, 3.05) is 6.54 Å². The lowest BCUT2D eigenvalue weighted by atomic mass is 10.2. The Morgan fingerprint density at radius 3 is 2.15 bits per heavy atom. The van der Waals surface area contributed by atoms with Crippen molar-refractivity contribution in [1.29, 1.82) is 0 Å². The minimum absolute atomic E-state index is 0.410. The van der Waals surface area contributed by atoms with Gasteiger partial charge in [-0.2, -0.15) is 0 Å². The Labute approximate surface area is 75.6 Å². The molecule has 0 aromatic heterocycles. The molecular weight excluding hydrogens is 174 g/mol. The van der Waals surface area contributed by atoms with E-state index >= 15 is 0 Å². The van der Waals surface area contributed by atoms with Gasteiger partial charge in [0.25, 0.3) is 0 Å². The molecule has 0 rings (SSSR count). The molecule has 0 aromatic carbocycles. The minimum Gasteiger partial charge on any atom is -0.480 e. The molecule has 0 aliphatic rings. The fourth-order valence-electron chi connectivity index (χ4n) is 0.811. The maximum atomic E-state index is 10.6. The Hall–Kier alpha value is -1.78. The van der Waals surface area contributed by atoms with Crippen molar-refractivity contribution in [3.05, 3.63) is 25.4 Å². The van der Waals surface area contributed by atoms with Crippen LogP contribution in [0.15, 0.2) is 25.4 Å². The Bertz CT molecular complexity index is 236. The highest BCUT2D eigenvalue weighted by atomic mass is 16.4. The molecule has 0 heterocycles. The van der Waals surface area contributed by atoms with E-state index in [-0.39, 0.29) is 0 Å². The number of aliphatic carboxylic acids is 2. The molecular formula is C8H11NO4. The van der Waals surface area contributed by atoms with Crippen molar-refractivity contribution < 1.29 is 19.8 Å². The largest absolute Gasteiger partial charge is 0.480 e. The van der Waals surface area contributed by atoms with Gasteiger partial charge in [0.05, 0.1) is 0 Å². The standard InChI is InChI=1S/C8H11NO4/c1-3-6(8(12)13)9(4-2)5-7(10)11/h3-4,6H,1-2,5H2,(H,10,11)(H,12,13). The van der Waals surface area contributed by atoms with E-state index in [1.165, 1.54) is 0 Å². The number of carboxylic acids is 2. The van der Waals surface area contributed by atoms with E-state index in [1.54, 1.807) is 0 Å². The lowest BCUT2D eigenvalue weighted by molar-refractivity contribution is -0.143. The molecule has 0 aliphatic carbocycles. The predicted octanol–water partition coefficient (Wildman–Crippen LogP) is 0.156. The minimum atomic E-state index is -1.16. The number of carbonyl (C=O) groups is 2. The number of rotatable bonds is 6. The Morgan fingerprint density at radius 1 is 1.38 bits per heavy atom. The van der Waals surface area contributed by atoms with Crippen LogP contribution in [0.25, 0.3) is 0 Å². The SMILES string of the molecule is C=CC(C(=O)O)N(C=C)CC(=O)O. The third kappa shape index (κ3) is 3.42. The van der Waals surface area contributed by atoms with Crippen LogP contribution in [0.2, 0.25) is 0 Å². The van der Waals surface area contributed by atoms with Crippen LogP contribution in [0.1, 0.15) is 0 Å². The molecule has 1 atom stereocenters. The van der Waals surface area contributed by atoms with Crippen molar-refractivity contribution in [2.24, 2.45) is 0 Å². The zero-order valence-corrected chi connectivity index (χ0v) is 7.01. The highest BCUT2D eigenvalue weighted by Gasteiger charge is 2.20. The van der Waals surface area contributed by atoms with Gasteiger partial charge in [0.15, 0.2) is 0 Å². The summed E-state index contributed by atoms with van der Waals surface area (Å²) in [6.45, 7) is 6.20. The first-order valence-electron chi connectivity index (χ1n) is 3.48. The molecule has 0 amide bonds.